The summed E-state index contributed by atoms with van der Waals surface area (Å²) in [5.74, 6) is -2.05. The van der Waals surface area contributed by atoms with Crippen molar-refractivity contribution in [1.82, 2.24) is 20.4 Å². The number of halogens is 2. The Kier molecular flexibility index (Phi) is 4.55. The second-order valence-electron chi connectivity index (χ2n) is 4.83. The number of benzene rings is 1. The molecule has 2 aromatic heterocycles. The van der Waals surface area contributed by atoms with E-state index in [1.807, 2.05) is 0 Å². The lowest BCUT2D eigenvalue weighted by Gasteiger charge is -2.05. The lowest BCUT2D eigenvalue weighted by Crippen LogP contribution is -2.27. The Morgan fingerprint density at radius 2 is 1.92 bits per heavy atom. The number of carbonyl (C=O) groups excluding carboxylic acids is 1. The summed E-state index contributed by atoms with van der Waals surface area (Å²) in [6.07, 6.45) is 1.85. The van der Waals surface area contributed by atoms with Crippen molar-refractivity contribution in [3.8, 4) is 11.6 Å². The lowest BCUT2D eigenvalue weighted by molar-refractivity contribution is 0.0945. The number of nitrogens with zero attached hydrogens (tertiary/aromatic N) is 3. The maximum Gasteiger partial charge on any atom is 0.276 e. The zero-order chi connectivity index (χ0) is 16.9. The van der Waals surface area contributed by atoms with Crippen LogP contribution in [0.4, 0.5) is 8.78 Å². The van der Waals surface area contributed by atoms with E-state index in [0.29, 0.717) is 11.5 Å². The number of hydrogen-bond donors (Lipinski definition) is 1. The van der Waals surface area contributed by atoms with Gasteiger partial charge in [-0.3, -0.25) is 9.78 Å². The van der Waals surface area contributed by atoms with Crippen LogP contribution < -0.4 is 5.32 Å². The van der Waals surface area contributed by atoms with Crippen LogP contribution in [-0.2, 0) is 6.42 Å². The van der Waals surface area contributed by atoms with Crippen LogP contribution in [-0.4, -0.2) is 27.6 Å². The average Bonchev–Trinajstić information content (AvgIpc) is 3.04. The predicted molar refractivity (Wildman–Crippen MR) is 79.9 cm³/mol. The summed E-state index contributed by atoms with van der Waals surface area (Å²) in [6.45, 7) is 0.105. The first-order valence-electron chi connectivity index (χ1n) is 7.11. The topological polar surface area (TPSA) is 80.9 Å². The first-order valence-corrected chi connectivity index (χ1v) is 7.11. The van der Waals surface area contributed by atoms with E-state index in [0.717, 1.165) is 12.1 Å². The van der Waals surface area contributed by atoms with Crippen LogP contribution in [0.2, 0.25) is 0 Å². The van der Waals surface area contributed by atoms with Crippen LogP contribution in [0.5, 0.6) is 0 Å². The van der Waals surface area contributed by atoms with Gasteiger partial charge in [-0.25, -0.2) is 8.78 Å². The summed E-state index contributed by atoms with van der Waals surface area (Å²) >= 11 is 0. The monoisotopic (exact) mass is 330 g/mol. The van der Waals surface area contributed by atoms with Gasteiger partial charge in [0.25, 0.3) is 11.8 Å². The molecule has 24 heavy (non-hydrogen) atoms. The van der Waals surface area contributed by atoms with Gasteiger partial charge in [0.2, 0.25) is 0 Å². The molecule has 1 amide bonds. The van der Waals surface area contributed by atoms with Crippen LogP contribution in [0.25, 0.3) is 11.6 Å². The number of rotatable bonds is 5. The third-order valence-electron chi connectivity index (χ3n) is 3.18. The third kappa shape index (κ3) is 3.43. The molecule has 3 aromatic rings. The largest absolute Gasteiger partial charge is 0.351 e. The third-order valence-corrected chi connectivity index (χ3v) is 3.18. The highest BCUT2D eigenvalue weighted by Crippen LogP contribution is 2.14. The minimum absolute atomic E-state index is 0.105. The van der Waals surface area contributed by atoms with Crippen molar-refractivity contribution in [2.24, 2.45) is 0 Å². The maximum atomic E-state index is 13.5. The Labute approximate surface area is 135 Å². The highest BCUT2D eigenvalue weighted by molar-refractivity contribution is 5.94. The van der Waals surface area contributed by atoms with E-state index in [1.165, 1.54) is 6.07 Å². The molecular weight excluding hydrogens is 318 g/mol. The van der Waals surface area contributed by atoms with Crippen LogP contribution >= 0.6 is 0 Å². The van der Waals surface area contributed by atoms with Gasteiger partial charge in [-0.1, -0.05) is 17.3 Å². The molecule has 3 rings (SSSR count). The second-order valence-corrected chi connectivity index (χ2v) is 4.83. The van der Waals surface area contributed by atoms with Crippen molar-refractivity contribution in [2.75, 3.05) is 6.54 Å². The molecule has 8 heteroatoms. The molecule has 6 nitrogen and oxygen atoms in total. The summed E-state index contributed by atoms with van der Waals surface area (Å²) in [4.78, 5) is 20.1. The SMILES string of the molecule is O=C(NCCc1noc(-c2ccccn2)n1)c1c(F)cccc1F. The zero-order valence-corrected chi connectivity index (χ0v) is 12.4. The van der Waals surface area contributed by atoms with Gasteiger partial charge in [0.15, 0.2) is 5.82 Å². The number of aromatic nitrogens is 3. The van der Waals surface area contributed by atoms with Gasteiger partial charge in [0, 0.05) is 19.2 Å². The normalized spacial score (nSPS) is 10.6. The molecule has 0 aliphatic heterocycles. The van der Waals surface area contributed by atoms with Crippen molar-refractivity contribution < 1.29 is 18.1 Å². The lowest BCUT2D eigenvalue weighted by atomic mass is 10.2. The predicted octanol–water partition coefficient (Wildman–Crippen LogP) is 2.38. The fourth-order valence-corrected chi connectivity index (χ4v) is 2.04. The first kappa shape index (κ1) is 15.7. The maximum absolute atomic E-state index is 13.5. The number of carbonyl (C=O) groups is 1. The molecule has 1 N–H and O–H groups in total. The van der Waals surface area contributed by atoms with E-state index >= 15 is 0 Å². The second kappa shape index (κ2) is 6.95. The van der Waals surface area contributed by atoms with E-state index < -0.39 is 23.1 Å². The molecule has 2 heterocycles. The summed E-state index contributed by atoms with van der Waals surface area (Å²) in [7, 11) is 0. The van der Waals surface area contributed by atoms with E-state index in [2.05, 4.69) is 20.4 Å². The van der Waals surface area contributed by atoms with Crippen LogP contribution in [0.15, 0.2) is 47.1 Å². The van der Waals surface area contributed by atoms with E-state index in [9.17, 15) is 13.6 Å². The van der Waals surface area contributed by atoms with Gasteiger partial charge in [-0.15, -0.1) is 0 Å². The van der Waals surface area contributed by atoms with Crippen molar-refractivity contribution in [3.05, 3.63) is 65.6 Å². The van der Waals surface area contributed by atoms with Crippen LogP contribution in [0.1, 0.15) is 16.2 Å². The molecular formula is C16H12F2N4O2. The molecule has 0 aliphatic carbocycles. The fraction of sp³-hybridized carbons (Fsp3) is 0.125. The molecule has 0 aliphatic rings. The zero-order valence-electron chi connectivity index (χ0n) is 12.4. The number of amides is 1. The minimum Gasteiger partial charge on any atom is -0.351 e. The quantitative estimate of drug-likeness (QED) is 0.777. The van der Waals surface area contributed by atoms with Crippen molar-refractivity contribution in [2.45, 2.75) is 6.42 Å². The average molecular weight is 330 g/mol. The molecule has 0 saturated carbocycles. The smallest absolute Gasteiger partial charge is 0.276 e. The molecule has 0 atom stereocenters. The number of pyridine rings is 1. The van der Waals surface area contributed by atoms with Gasteiger partial charge in [-0.05, 0) is 24.3 Å². The highest BCUT2D eigenvalue weighted by atomic mass is 19.1. The standard InChI is InChI=1S/C16H12F2N4O2/c17-10-4-3-5-11(18)14(10)15(23)20-9-7-13-21-16(24-22-13)12-6-1-2-8-19-12/h1-6,8H,7,9H2,(H,20,23). The molecule has 0 spiro atoms. The van der Waals surface area contributed by atoms with Gasteiger partial charge in [0.05, 0.1) is 0 Å². The van der Waals surface area contributed by atoms with Crippen molar-refractivity contribution >= 4 is 5.91 Å². The van der Waals surface area contributed by atoms with Crippen LogP contribution in [0.3, 0.4) is 0 Å². The van der Waals surface area contributed by atoms with Crippen molar-refractivity contribution in [3.63, 3.8) is 0 Å². The highest BCUT2D eigenvalue weighted by Gasteiger charge is 2.17. The molecule has 1 aromatic carbocycles. The van der Waals surface area contributed by atoms with E-state index in [1.54, 1.807) is 24.4 Å². The Bertz CT molecular complexity index is 832. The summed E-state index contributed by atoms with van der Waals surface area (Å²) in [5, 5.41) is 6.19. The molecule has 0 fully saturated rings. The summed E-state index contributed by atoms with van der Waals surface area (Å²) < 4.78 is 32.1. The van der Waals surface area contributed by atoms with Crippen LogP contribution in [0, 0.1) is 11.6 Å². The Morgan fingerprint density at radius 3 is 2.62 bits per heavy atom. The van der Waals surface area contributed by atoms with Crippen molar-refractivity contribution in [1.29, 1.82) is 0 Å². The fourth-order valence-electron chi connectivity index (χ4n) is 2.04. The summed E-state index contributed by atoms with van der Waals surface area (Å²) in [5.41, 5.74) is -0.0755. The Balaban J connectivity index is 1.59. The minimum atomic E-state index is -0.913. The van der Waals surface area contributed by atoms with E-state index in [4.69, 9.17) is 4.52 Å². The number of nitrogens with one attached hydrogen (secondary N) is 1. The molecule has 0 bridgehead atoms. The molecule has 0 unspecified atom stereocenters. The number of hydrogen-bond acceptors (Lipinski definition) is 5. The van der Waals surface area contributed by atoms with Gasteiger partial charge >= 0.3 is 0 Å². The van der Waals surface area contributed by atoms with Gasteiger partial charge < -0.3 is 9.84 Å². The van der Waals surface area contributed by atoms with E-state index in [-0.39, 0.29) is 18.9 Å². The van der Waals surface area contributed by atoms with Gasteiger partial charge in [-0.2, -0.15) is 4.98 Å². The molecule has 122 valence electrons. The Morgan fingerprint density at radius 1 is 1.12 bits per heavy atom. The van der Waals surface area contributed by atoms with Gasteiger partial charge in [0.1, 0.15) is 22.9 Å². The molecule has 0 saturated heterocycles. The summed E-state index contributed by atoms with van der Waals surface area (Å²) in [6, 6.07) is 8.51. The Hall–Kier alpha value is -3.16. The molecule has 0 radical (unpaired) electrons. The first-order chi connectivity index (χ1) is 11.6.